The van der Waals surface area contributed by atoms with Crippen LogP contribution in [0.4, 0.5) is 5.69 Å². The Morgan fingerprint density at radius 1 is 1.33 bits per heavy atom. The first-order valence-electron chi connectivity index (χ1n) is 5.26. The fourth-order valence-corrected chi connectivity index (χ4v) is 1.51. The van der Waals surface area contributed by atoms with Crippen molar-refractivity contribution in [1.29, 1.82) is 0 Å². The lowest BCUT2D eigenvalue weighted by Gasteiger charge is -2.06. The lowest BCUT2D eigenvalue weighted by Crippen LogP contribution is -2.20. The van der Waals surface area contributed by atoms with Gasteiger partial charge in [-0.05, 0) is 25.5 Å². The van der Waals surface area contributed by atoms with Gasteiger partial charge in [-0.25, -0.2) is 9.78 Å². The average molecular weight is 245 g/mol. The van der Waals surface area contributed by atoms with E-state index in [-0.39, 0.29) is 11.4 Å². The van der Waals surface area contributed by atoms with Gasteiger partial charge >= 0.3 is 5.63 Å². The van der Waals surface area contributed by atoms with E-state index in [1.54, 1.807) is 19.9 Å². The molecule has 0 fully saturated rings. The number of hydrogen-bond donors (Lipinski definition) is 1. The highest BCUT2D eigenvalue weighted by atomic mass is 16.4. The van der Waals surface area contributed by atoms with Gasteiger partial charge in [-0.1, -0.05) is 0 Å². The molecule has 0 spiro atoms. The van der Waals surface area contributed by atoms with Crippen molar-refractivity contribution in [3.8, 4) is 0 Å². The molecule has 0 aliphatic carbocycles. The molecule has 0 saturated carbocycles. The van der Waals surface area contributed by atoms with Gasteiger partial charge in [0.1, 0.15) is 17.1 Å². The minimum Gasteiger partial charge on any atom is -0.427 e. The minimum absolute atomic E-state index is 0.122. The summed E-state index contributed by atoms with van der Waals surface area (Å²) < 4.78 is 4.92. The molecule has 18 heavy (non-hydrogen) atoms. The van der Waals surface area contributed by atoms with Crippen molar-refractivity contribution in [3.63, 3.8) is 0 Å². The number of aromatic nitrogens is 2. The second-order valence-corrected chi connectivity index (χ2v) is 3.75. The highest BCUT2D eigenvalue weighted by molar-refractivity contribution is 6.02. The number of carbonyl (C=O) groups excluding carboxylic acids is 1. The number of rotatable bonds is 2. The third-order valence-corrected chi connectivity index (χ3v) is 2.31. The highest BCUT2D eigenvalue weighted by Gasteiger charge is 2.13. The van der Waals surface area contributed by atoms with E-state index < -0.39 is 11.5 Å². The average Bonchev–Trinajstić information content (AvgIpc) is 2.34. The van der Waals surface area contributed by atoms with Crippen LogP contribution in [0.1, 0.15) is 21.8 Å². The molecule has 0 unspecified atom stereocenters. The largest absolute Gasteiger partial charge is 0.427 e. The molecule has 2 heterocycles. The quantitative estimate of drug-likeness (QED) is 0.861. The molecule has 0 atom stereocenters. The van der Waals surface area contributed by atoms with Crippen molar-refractivity contribution in [3.05, 3.63) is 52.1 Å². The van der Waals surface area contributed by atoms with E-state index >= 15 is 0 Å². The minimum atomic E-state index is -0.579. The molecule has 2 aromatic heterocycles. The summed E-state index contributed by atoms with van der Waals surface area (Å²) in [6.07, 6.45) is 4.18. The normalized spacial score (nSPS) is 10.1. The number of anilines is 1. The monoisotopic (exact) mass is 245 g/mol. The summed E-state index contributed by atoms with van der Waals surface area (Å²) >= 11 is 0. The van der Waals surface area contributed by atoms with Gasteiger partial charge in [0.15, 0.2) is 0 Å². The first-order valence-corrected chi connectivity index (χ1v) is 5.26. The zero-order valence-electron chi connectivity index (χ0n) is 9.93. The summed E-state index contributed by atoms with van der Waals surface area (Å²) in [7, 11) is 0. The number of nitrogens with one attached hydrogen (secondary N) is 1. The van der Waals surface area contributed by atoms with Gasteiger partial charge < -0.3 is 9.73 Å². The van der Waals surface area contributed by atoms with Crippen LogP contribution < -0.4 is 10.9 Å². The summed E-state index contributed by atoms with van der Waals surface area (Å²) in [4.78, 5) is 31.0. The molecule has 6 heteroatoms. The Morgan fingerprint density at radius 3 is 2.72 bits per heavy atom. The third kappa shape index (κ3) is 2.42. The molecule has 0 aliphatic heterocycles. The van der Waals surface area contributed by atoms with E-state index in [0.717, 1.165) is 0 Å². The van der Waals surface area contributed by atoms with E-state index in [1.165, 1.54) is 18.6 Å². The predicted octanol–water partition coefficient (Wildman–Crippen LogP) is 1.30. The van der Waals surface area contributed by atoms with E-state index in [1.807, 2.05) is 0 Å². The molecule has 0 radical (unpaired) electrons. The van der Waals surface area contributed by atoms with Gasteiger partial charge in [-0.3, -0.25) is 9.78 Å². The van der Waals surface area contributed by atoms with E-state index in [0.29, 0.717) is 11.3 Å². The van der Waals surface area contributed by atoms with Crippen LogP contribution in [0.15, 0.2) is 33.9 Å². The maximum absolute atomic E-state index is 11.8. The molecule has 6 nitrogen and oxygen atoms in total. The molecule has 2 aromatic rings. The molecule has 0 aliphatic rings. The van der Waals surface area contributed by atoms with Crippen molar-refractivity contribution in [2.24, 2.45) is 0 Å². The van der Waals surface area contributed by atoms with Crippen LogP contribution in [0.25, 0.3) is 0 Å². The number of amides is 1. The Bertz CT molecular complexity index is 635. The van der Waals surface area contributed by atoms with Crippen molar-refractivity contribution >= 4 is 11.6 Å². The summed E-state index contributed by atoms with van der Waals surface area (Å²) in [6, 6.07) is 1.67. The molecule has 0 saturated heterocycles. The first-order chi connectivity index (χ1) is 8.58. The van der Waals surface area contributed by atoms with Gasteiger partial charge in [0, 0.05) is 12.4 Å². The number of nitrogens with zero attached hydrogens (tertiary/aromatic N) is 2. The van der Waals surface area contributed by atoms with Gasteiger partial charge in [0.25, 0.3) is 5.91 Å². The first kappa shape index (κ1) is 12.0. The molecule has 1 N–H and O–H groups in total. The van der Waals surface area contributed by atoms with Gasteiger partial charge in [-0.2, -0.15) is 0 Å². The predicted molar refractivity (Wildman–Crippen MR) is 64.4 cm³/mol. The standard InChI is InChI=1S/C12H11N3O3/c1-7-5-8(2)18-12(17)10(7)15-11(16)9-6-13-3-4-14-9/h3-6H,1-2H3,(H,15,16). The second kappa shape index (κ2) is 4.79. The van der Waals surface area contributed by atoms with Gasteiger partial charge in [0.2, 0.25) is 0 Å². The van der Waals surface area contributed by atoms with Crippen LogP contribution in [0.2, 0.25) is 0 Å². The van der Waals surface area contributed by atoms with Crippen molar-refractivity contribution in [1.82, 2.24) is 9.97 Å². The Morgan fingerprint density at radius 2 is 2.11 bits per heavy atom. The molecule has 2 rings (SSSR count). The third-order valence-electron chi connectivity index (χ3n) is 2.31. The lowest BCUT2D eigenvalue weighted by molar-refractivity contribution is 0.102. The summed E-state index contributed by atoms with van der Waals surface area (Å²) in [5.41, 5.74) is 0.318. The Hall–Kier alpha value is -2.50. The van der Waals surface area contributed by atoms with E-state index in [4.69, 9.17) is 4.42 Å². The van der Waals surface area contributed by atoms with Crippen molar-refractivity contribution in [2.75, 3.05) is 5.32 Å². The number of hydrogen-bond acceptors (Lipinski definition) is 5. The Labute approximate surface area is 103 Å². The molecule has 92 valence electrons. The maximum atomic E-state index is 11.8. The van der Waals surface area contributed by atoms with Crippen molar-refractivity contribution in [2.45, 2.75) is 13.8 Å². The lowest BCUT2D eigenvalue weighted by atomic mass is 10.2. The maximum Gasteiger partial charge on any atom is 0.360 e. The van der Waals surface area contributed by atoms with Gasteiger partial charge in [-0.15, -0.1) is 0 Å². The fourth-order valence-electron chi connectivity index (χ4n) is 1.51. The molecular weight excluding hydrogens is 234 g/mol. The zero-order chi connectivity index (χ0) is 13.1. The highest BCUT2D eigenvalue weighted by Crippen LogP contribution is 2.11. The van der Waals surface area contributed by atoms with Crippen molar-refractivity contribution < 1.29 is 9.21 Å². The SMILES string of the molecule is Cc1cc(C)c(NC(=O)c2cnccn2)c(=O)o1. The Kier molecular flexibility index (Phi) is 3.18. The molecule has 1 amide bonds. The van der Waals surface area contributed by atoms with Gasteiger partial charge in [0.05, 0.1) is 6.20 Å². The number of carbonyl (C=O) groups is 1. The zero-order valence-corrected chi connectivity index (χ0v) is 9.93. The summed E-state index contributed by atoms with van der Waals surface area (Å²) in [6.45, 7) is 3.39. The topological polar surface area (TPSA) is 85.1 Å². The van der Waals surface area contributed by atoms with Crippen LogP contribution in [-0.4, -0.2) is 15.9 Å². The number of aryl methyl sites for hydroxylation is 2. The molecular formula is C12H11N3O3. The second-order valence-electron chi connectivity index (χ2n) is 3.75. The van der Waals surface area contributed by atoms with Crippen LogP contribution in [0.5, 0.6) is 0 Å². The summed E-state index contributed by atoms with van der Waals surface area (Å²) in [5, 5.41) is 2.47. The smallest absolute Gasteiger partial charge is 0.360 e. The van der Waals surface area contributed by atoms with Crippen LogP contribution in [0, 0.1) is 13.8 Å². The summed E-state index contributed by atoms with van der Waals surface area (Å²) in [5.74, 6) is -0.00245. The van der Waals surface area contributed by atoms with Crippen LogP contribution in [0.3, 0.4) is 0 Å². The van der Waals surface area contributed by atoms with E-state index in [2.05, 4.69) is 15.3 Å². The molecule has 0 bridgehead atoms. The Balaban J connectivity index is 2.31. The fraction of sp³-hybridized carbons (Fsp3) is 0.167. The molecule has 0 aromatic carbocycles. The van der Waals surface area contributed by atoms with Crippen LogP contribution >= 0.6 is 0 Å². The van der Waals surface area contributed by atoms with Crippen LogP contribution in [-0.2, 0) is 0 Å². The van der Waals surface area contributed by atoms with E-state index in [9.17, 15) is 9.59 Å².